The minimum absolute atomic E-state index is 0.0929. The predicted octanol–water partition coefficient (Wildman–Crippen LogP) is 2.19. The number of hydrogen-bond acceptors (Lipinski definition) is 3. The van der Waals surface area contributed by atoms with Crippen LogP contribution in [0.2, 0.25) is 0 Å². The highest BCUT2D eigenvalue weighted by atomic mass is 79.9. The zero-order valence-electron chi connectivity index (χ0n) is 7.66. The van der Waals surface area contributed by atoms with E-state index in [1.165, 1.54) is 6.92 Å². The first kappa shape index (κ1) is 11.8. The van der Waals surface area contributed by atoms with Gasteiger partial charge in [0.05, 0.1) is 5.92 Å². The average molecular weight is 279 g/mol. The van der Waals surface area contributed by atoms with Gasteiger partial charge < -0.3 is 15.3 Å². The van der Waals surface area contributed by atoms with E-state index in [1.807, 2.05) is 0 Å². The monoisotopic (exact) mass is 278 g/mol. The summed E-state index contributed by atoms with van der Waals surface area (Å²) < 4.78 is 12.8. The zero-order chi connectivity index (χ0) is 11.7. The Morgan fingerprint density at radius 2 is 2.00 bits per heavy atom. The number of phenolic OH excluding ortho intramolecular Hbond substituents is 2. The molecule has 82 valence electrons. The van der Waals surface area contributed by atoms with Crippen LogP contribution in [-0.2, 0) is 4.79 Å². The van der Waals surface area contributed by atoms with Gasteiger partial charge >= 0.3 is 5.97 Å². The van der Waals surface area contributed by atoms with Gasteiger partial charge in [-0.2, -0.15) is 0 Å². The highest BCUT2D eigenvalue weighted by molar-refractivity contribution is 9.10. The Labute approximate surface area is 93.1 Å². The third kappa shape index (κ3) is 2.04. The summed E-state index contributed by atoms with van der Waals surface area (Å²) in [6, 6.07) is 0.800. The third-order valence-electron chi connectivity index (χ3n) is 2.03. The molecule has 0 saturated heterocycles. The summed E-state index contributed by atoms with van der Waals surface area (Å²) in [7, 11) is 0. The lowest BCUT2D eigenvalue weighted by Crippen LogP contribution is -2.08. The normalized spacial score (nSPS) is 12.5. The molecule has 15 heavy (non-hydrogen) atoms. The molecule has 0 aliphatic heterocycles. The summed E-state index contributed by atoms with van der Waals surface area (Å²) in [4.78, 5) is 10.6. The van der Waals surface area contributed by atoms with Crippen LogP contribution < -0.4 is 0 Å². The van der Waals surface area contributed by atoms with Gasteiger partial charge in [-0.05, 0) is 28.9 Å². The fourth-order valence-electron chi connectivity index (χ4n) is 1.08. The molecule has 1 aromatic carbocycles. The summed E-state index contributed by atoms with van der Waals surface area (Å²) in [5.41, 5.74) is -0.0929. The predicted molar refractivity (Wildman–Crippen MR) is 53.5 cm³/mol. The Morgan fingerprint density at radius 3 is 2.47 bits per heavy atom. The van der Waals surface area contributed by atoms with Crippen LogP contribution in [-0.4, -0.2) is 21.3 Å². The lowest BCUT2D eigenvalue weighted by Gasteiger charge is -2.11. The van der Waals surface area contributed by atoms with Crippen LogP contribution in [0.25, 0.3) is 0 Å². The van der Waals surface area contributed by atoms with E-state index in [9.17, 15) is 14.3 Å². The SMILES string of the molecule is CC(C(=O)O)c1cc(F)c(O)c(Br)c1O. The molecule has 3 N–H and O–H groups in total. The molecule has 6 heteroatoms. The van der Waals surface area contributed by atoms with Crippen molar-refractivity contribution in [1.82, 2.24) is 0 Å². The second-order valence-electron chi connectivity index (χ2n) is 3.02. The number of phenols is 2. The molecule has 1 atom stereocenters. The summed E-state index contributed by atoms with van der Waals surface area (Å²) in [6.07, 6.45) is 0. The molecule has 1 aromatic rings. The van der Waals surface area contributed by atoms with Crippen molar-refractivity contribution in [3.8, 4) is 11.5 Å². The number of carbonyl (C=O) groups is 1. The van der Waals surface area contributed by atoms with Crippen LogP contribution in [0, 0.1) is 5.82 Å². The molecule has 0 aliphatic rings. The van der Waals surface area contributed by atoms with Crippen molar-refractivity contribution < 1.29 is 24.5 Å². The Balaban J connectivity index is 3.38. The molecule has 0 radical (unpaired) electrons. The standard InChI is InChI=1S/C9H8BrFO4/c1-3(9(14)15)4-2-5(11)8(13)6(10)7(4)12/h2-3,12-13H,1H3,(H,14,15). The minimum atomic E-state index is -1.19. The molecule has 0 fully saturated rings. The molecule has 0 amide bonds. The lowest BCUT2D eigenvalue weighted by atomic mass is 10.00. The van der Waals surface area contributed by atoms with Gasteiger partial charge in [0.25, 0.3) is 0 Å². The van der Waals surface area contributed by atoms with Crippen LogP contribution in [0.3, 0.4) is 0 Å². The number of carboxylic acid groups (broad SMARTS) is 1. The lowest BCUT2D eigenvalue weighted by molar-refractivity contribution is -0.138. The van der Waals surface area contributed by atoms with Crippen molar-refractivity contribution in [2.24, 2.45) is 0 Å². The number of carboxylic acids is 1. The number of halogens is 2. The average Bonchev–Trinajstić information content (AvgIpc) is 2.19. The number of aliphatic carboxylic acids is 1. The number of hydrogen-bond donors (Lipinski definition) is 3. The zero-order valence-corrected chi connectivity index (χ0v) is 9.25. The van der Waals surface area contributed by atoms with Crippen molar-refractivity contribution in [3.63, 3.8) is 0 Å². The van der Waals surface area contributed by atoms with Crippen molar-refractivity contribution in [2.45, 2.75) is 12.8 Å². The molecular weight excluding hydrogens is 271 g/mol. The minimum Gasteiger partial charge on any atom is -0.506 e. The van der Waals surface area contributed by atoms with Crippen LogP contribution in [0.15, 0.2) is 10.5 Å². The number of aromatic hydroxyl groups is 2. The summed E-state index contributed by atoms with van der Waals surface area (Å²) >= 11 is 2.77. The van der Waals surface area contributed by atoms with E-state index in [2.05, 4.69) is 15.9 Å². The molecule has 0 spiro atoms. The molecule has 0 aromatic heterocycles. The topological polar surface area (TPSA) is 77.8 Å². The molecule has 4 nitrogen and oxygen atoms in total. The van der Waals surface area contributed by atoms with Crippen molar-refractivity contribution in [3.05, 3.63) is 21.9 Å². The Hall–Kier alpha value is -1.30. The largest absolute Gasteiger partial charge is 0.506 e. The summed E-state index contributed by atoms with van der Waals surface area (Å²) in [5, 5.41) is 27.3. The van der Waals surface area contributed by atoms with Gasteiger partial charge in [-0.25, -0.2) is 4.39 Å². The van der Waals surface area contributed by atoms with Crippen molar-refractivity contribution >= 4 is 21.9 Å². The van der Waals surface area contributed by atoms with E-state index in [4.69, 9.17) is 10.2 Å². The maximum absolute atomic E-state index is 13.1. The van der Waals surface area contributed by atoms with Gasteiger partial charge in [0.15, 0.2) is 11.6 Å². The molecule has 1 unspecified atom stereocenters. The second kappa shape index (κ2) is 4.06. The molecule has 0 saturated carbocycles. The molecular formula is C9H8BrFO4. The fourth-order valence-corrected chi connectivity index (χ4v) is 1.50. The number of benzene rings is 1. The number of rotatable bonds is 2. The molecule has 0 heterocycles. The van der Waals surface area contributed by atoms with E-state index in [0.717, 1.165) is 6.07 Å². The first-order valence-electron chi connectivity index (χ1n) is 3.98. The van der Waals surface area contributed by atoms with E-state index >= 15 is 0 Å². The van der Waals surface area contributed by atoms with E-state index in [-0.39, 0.29) is 10.0 Å². The molecule has 0 bridgehead atoms. The van der Waals surface area contributed by atoms with Crippen LogP contribution in [0.4, 0.5) is 4.39 Å². The van der Waals surface area contributed by atoms with Crippen LogP contribution in [0.5, 0.6) is 11.5 Å². The van der Waals surface area contributed by atoms with E-state index in [0.29, 0.717) is 0 Å². The van der Waals surface area contributed by atoms with Gasteiger partial charge in [0, 0.05) is 5.56 Å². The first-order valence-corrected chi connectivity index (χ1v) is 4.78. The van der Waals surface area contributed by atoms with Gasteiger partial charge in [-0.3, -0.25) is 4.79 Å². The first-order chi connectivity index (χ1) is 6.86. The molecule has 0 aliphatic carbocycles. The van der Waals surface area contributed by atoms with E-state index in [1.54, 1.807) is 0 Å². The Morgan fingerprint density at radius 1 is 1.47 bits per heavy atom. The smallest absolute Gasteiger partial charge is 0.310 e. The summed E-state index contributed by atoms with van der Waals surface area (Å²) in [6.45, 7) is 1.31. The summed E-state index contributed by atoms with van der Waals surface area (Å²) in [5.74, 6) is -4.45. The second-order valence-corrected chi connectivity index (χ2v) is 3.81. The Kier molecular flexibility index (Phi) is 3.18. The maximum atomic E-state index is 13.1. The van der Waals surface area contributed by atoms with E-state index < -0.39 is 29.2 Å². The quantitative estimate of drug-likeness (QED) is 0.775. The maximum Gasteiger partial charge on any atom is 0.310 e. The third-order valence-corrected chi connectivity index (χ3v) is 2.79. The highest BCUT2D eigenvalue weighted by Gasteiger charge is 2.23. The molecule has 1 rings (SSSR count). The highest BCUT2D eigenvalue weighted by Crippen LogP contribution is 2.40. The van der Waals surface area contributed by atoms with Gasteiger partial charge in [0.1, 0.15) is 10.2 Å². The van der Waals surface area contributed by atoms with Crippen molar-refractivity contribution in [2.75, 3.05) is 0 Å². The van der Waals surface area contributed by atoms with Crippen molar-refractivity contribution in [1.29, 1.82) is 0 Å². The van der Waals surface area contributed by atoms with Gasteiger partial charge in [-0.1, -0.05) is 0 Å². The van der Waals surface area contributed by atoms with Crippen LogP contribution in [0.1, 0.15) is 18.4 Å². The van der Waals surface area contributed by atoms with Gasteiger partial charge in [-0.15, -0.1) is 0 Å². The fraction of sp³-hybridized carbons (Fsp3) is 0.222. The Bertz CT molecular complexity index is 419. The van der Waals surface area contributed by atoms with Crippen LogP contribution >= 0.6 is 15.9 Å². The van der Waals surface area contributed by atoms with Gasteiger partial charge in [0.2, 0.25) is 0 Å².